The Kier molecular flexibility index (Phi) is 4.11. The van der Waals surface area contributed by atoms with Crippen molar-refractivity contribution in [2.45, 2.75) is 19.9 Å². The van der Waals surface area contributed by atoms with Gasteiger partial charge in [0.25, 0.3) is 0 Å². The average molecular weight is 280 g/mol. The smallest absolute Gasteiger partial charge is 0.194 e. The fourth-order valence-electron chi connectivity index (χ4n) is 2.26. The summed E-state index contributed by atoms with van der Waals surface area (Å²) in [5.74, 6) is 1.55. The summed E-state index contributed by atoms with van der Waals surface area (Å²) in [4.78, 5) is 0. The number of rotatable bonds is 3. The van der Waals surface area contributed by atoms with Crippen LogP contribution in [0.5, 0.6) is 0 Å². The van der Waals surface area contributed by atoms with Gasteiger partial charge in [-0.05, 0) is 42.7 Å². The first-order chi connectivity index (χ1) is 9.43. The van der Waals surface area contributed by atoms with E-state index in [9.17, 15) is 13.2 Å². The second-order valence-corrected chi connectivity index (χ2v) is 4.76. The van der Waals surface area contributed by atoms with E-state index in [0.29, 0.717) is 0 Å². The van der Waals surface area contributed by atoms with Crippen LogP contribution in [0.4, 0.5) is 13.2 Å². The molecule has 2 aromatic rings. The fourth-order valence-corrected chi connectivity index (χ4v) is 2.26. The van der Waals surface area contributed by atoms with E-state index < -0.39 is 23.5 Å². The monoisotopic (exact) mass is 280 g/mol. The molecule has 106 valence electrons. The van der Waals surface area contributed by atoms with Gasteiger partial charge in [0.05, 0.1) is 6.04 Å². The molecule has 0 aliphatic rings. The van der Waals surface area contributed by atoms with E-state index in [1.54, 1.807) is 0 Å². The molecule has 5 heteroatoms. The van der Waals surface area contributed by atoms with Gasteiger partial charge in [0.2, 0.25) is 0 Å². The number of benzene rings is 2. The minimum Gasteiger partial charge on any atom is -0.271 e. The third-order valence-electron chi connectivity index (χ3n) is 3.24. The first-order valence-corrected chi connectivity index (χ1v) is 6.11. The quantitative estimate of drug-likeness (QED) is 0.514. The van der Waals surface area contributed by atoms with Crippen molar-refractivity contribution in [3.05, 3.63) is 70.0 Å². The maximum atomic E-state index is 13.3. The summed E-state index contributed by atoms with van der Waals surface area (Å²) in [5.41, 5.74) is 5.52. The molecular formula is C15H15F3N2. The molecule has 0 aromatic heterocycles. The maximum Gasteiger partial charge on any atom is 0.194 e. The Morgan fingerprint density at radius 1 is 1.00 bits per heavy atom. The zero-order valence-corrected chi connectivity index (χ0v) is 11.2. The van der Waals surface area contributed by atoms with Crippen LogP contribution in [0.2, 0.25) is 0 Å². The molecule has 2 aromatic carbocycles. The molecular weight excluding hydrogens is 265 g/mol. The maximum absolute atomic E-state index is 13.3. The van der Waals surface area contributed by atoms with E-state index in [1.807, 2.05) is 32.0 Å². The van der Waals surface area contributed by atoms with Gasteiger partial charge in [-0.1, -0.05) is 23.8 Å². The molecule has 0 amide bonds. The van der Waals surface area contributed by atoms with Gasteiger partial charge in [0, 0.05) is 0 Å². The van der Waals surface area contributed by atoms with Crippen LogP contribution in [0.1, 0.15) is 28.3 Å². The summed E-state index contributed by atoms with van der Waals surface area (Å²) in [6.07, 6.45) is 0. The van der Waals surface area contributed by atoms with Crippen molar-refractivity contribution in [2.24, 2.45) is 5.84 Å². The highest BCUT2D eigenvalue weighted by atomic mass is 19.2. The molecule has 0 heterocycles. The Morgan fingerprint density at radius 3 is 2.10 bits per heavy atom. The molecule has 2 nitrogen and oxygen atoms in total. The highest BCUT2D eigenvalue weighted by Gasteiger charge is 2.19. The predicted molar refractivity (Wildman–Crippen MR) is 71.4 cm³/mol. The van der Waals surface area contributed by atoms with Gasteiger partial charge in [-0.15, -0.1) is 0 Å². The largest absolute Gasteiger partial charge is 0.271 e. The molecule has 0 saturated carbocycles. The van der Waals surface area contributed by atoms with Crippen LogP contribution in [0.25, 0.3) is 0 Å². The number of nitrogens with two attached hydrogens (primary N) is 1. The van der Waals surface area contributed by atoms with Crippen molar-refractivity contribution in [1.82, 2.24) is 5.43 Å². The molecule has 0 radical (unpaired) electrons. The SMILES string of the molecule is Cc1ccc(C(NN)c2cc(F)c(F)c(F)c2)c(C)c1. The number of aryl methyl sites for hydroxylation is 2. The van der Waals surface area contributed by atoms with E-state index >= 15 is 0 Å². The van der Waals surface area contributed by atoms with Crippen molar-refractivity contribution in [2.75, 3.05) is 0 Å². The van der Waals surface area contributed by atoms with Gasteiger partial charge >= 0.3 is 0 Å². The van der Waals surface area contributed by atoms with Crippen LogP contribution in [-0.4, -0.2) is 0 Å². The van der Waals surface area contributed by atoms with Crippen molar-refractivity contribution < 1.29 is 13.2 Å². The van der Waals surface area contributed by atoms with E-state index in [4.69, 9.17) is 5.84 Å². The minimum absolute atomic E-state index is 0.232. The Bertz CT molecular complexity index is 618. The van der Waals surface area contributed by atoms with Crippen LogP contribution in [0.15, 0.2) is 30.3 Å². The zero-order valence-electron chi connectivity index (χ0n) is 11.2. The second kappa shape index (κ2) is 5.64. The predicted octanol–water partition coefficient (Wildman–Crippen LogP) is 3.27. The lowest BCUT2D eigenvalue weighted by atomic mass is 9.94. The first-order valence-electron chi connectivity index (χ1n) is 6.11. The van der Waals surface area contributed by atoms with Crippen molar-refractivity contribution in [3.63, 3.8) is 0 Å². The van der Waals surface area contributed by atoms with E-state index in [2.05, 4.69) is 5.43 Å². The van der Waals surface area contributed by atoms with Gasteiger partial charge in [-0.3, -0.25) is 5.84 Å². The third-order valence-corrected chi connectivity index (χ3v) is 3.24. The number of hydrazine groups is 1. The lowest BCUT2D eigenvalue weighted by Gasteiger charge is -2.20. The van der Waals surface area contributed by atoms with Crippen molar-refractivity contribution in [3.8, 4) is 0 Å². The lowest BCUT2D eigenvalue weighted by Crippen LogP contribution is -2.29. The van der Waals surface area contributed by atoms with E-state index in [-0.39, 0.29) is 5.56 Å². The summed E-state index contributed by atoms with van der Waals surface area (Å²) in [5, 5.41) is 0. The molecule has 0 fully saturated rings. The van der Waals surface area contributed by atoms with Gasteiger partial charge in [0.15, 0.2) is 17.5 Å². The zero-order chi connectivity index (χ0) is 14.9. The first kappa shape index (κ1) is 14.6. The molecule has 1 atom stereocenters. The van der Waals surface area contributed by atoms with Crippen LogP contribution < -0.4 is 11.3 Å². The van der Waals surface area contributed by atoms with Gasteiger partial charge in [-0.25, -0.2) is 18.6 Å². The summed E-state index contributed by atoms with van der Waals surface area (Å²) in [6, 6.07) is 6.93. The highest BCUT2D eigenvalue weighted by Crippen LogP contribution is 2.27. The number of halogens is 3. The molecule has 0 bridgehead atoms. The Morgan fingerprint density at radius 2 is 1.60 bits per heavy atom. The van der Waals surface area contributed by atoms with Crippen LogP contribution >= 0.6 is 0 Å². The normalized spacial score (nSPS) is 12.5. The van der Waals surface area contributed by atoms with Gasteiger partial charge in [0.1, 0.15) is 0 Å². The summed E-state index contributed by atoms with van der Waals surface area (Å²) < 4.78 is 39.7. The number of nitrogens with one attached hydrogen (secondary N) is 1. The van der Waals surface area contributed by atoms with Crippen LogP contribution in [0.3, 0.4) is 0 Å². The molecule has 3 N–H and O–H groups in total. The third kappa shape index (κ3) is 2.69. The van der Waals surface area contributed by atoms with Crippen molar-refractivity contribution >= 4 is 0 Å². The standard InChI is InChI=1S/C15H15F3N2/c1-8-3-4-11(9(2)5-8)15(20-19)10-6-12(16)14(18)13(17)7-10/h3-7,15,20H,19H2,1-2H3. The van der Waals surface area contributed by atoms with Gasteiger partial charge < -0.3 is 0 Å². The molecule has 20 heavy (non-hydrogen) atoms. The molecule has 0 spiro atoms. The Balaban J connectivity index is 2.52. The lowest BCUT2D eigenvalue weighted by molar-refractivity contribution is 0.442. The summed E-state index contributed by atoms with van der Waals surface area (Å²) in [6.45, 7) is 3.82. The van der Waals surface area contributed by atoms with E-state index in [0.717, 1.165) is 28.8 Å². The Hall–Kier alpha value is -1.85. The number of hydrogen-bond acceptors (Lipinski definition) is 2. The second-order valence-electron chi connectivity index (χ2n) is 4.76. The average Bonchev–Trinajstić information content (AvgIpc) is 2.39. The molecule has 0 saturated heterocycles. The van der Waals surface area contributed by atoms with Gasteiger partial charge in [-0.2, -0.15) is 0 Å². The molecule has 0 aliphatic heterocycles. The van der Waals surface area contributed by atoms with Crippen molar-refractivity contribution in [1.29, 1.82) is 0 Å². The van der Waals surface area contributed by atoms with Crippen LogP contribution in [-0.2, 0) is 0 Å². The minimum atomic E-state index is -1.48. The highest BCUT2D eigenvalue weighted by molar-refractivity contribution is 5.39. The topological polar surface area (TPSA) is 38.0 Å². The molecule has 0 aliphatic carbocycles. The summed E-state index contributed by atoms with van der Waals surface area (Å²) in [7, 11) is 0. The number of hydrogen-bond donors (Lipinski definition) is 2. The van der Waals surface area contributed by atoms with E-state index in [1.165, 1.54) is 0 Å². The fraction of sp³-hybridized carbons (Fsp3) is 0.200. The molecule has 1 unspecified atom stereocenters. The summed E-state index contributed by atoms with van der Waals surface area (Å²) >= 11 is 0. The Labute approximate surface area is 115 Å². The van der Waals surface area contributed by atoms with Crippen LogP contribution in [0, 0.1) is 31.3 Å². The molecule has 2 rings (SSSR count).